The van der Waals surface area contributed by atoms with Crippen LogP contribution in [0, 0.1) is 0 Å². The predicted octanol–water partition coefficient (Wildman–Crippen LogP) is 1.37. The molecule has 1 atom stereocenters. The second kappa shape index (κ2) is 10.1. The zero-order chi connectivity index (χ0) is 15.6. The summed E-state index contributed by atoms with van der Waals surface area (Å²) in [7, 11) is 1.73. The van der Waals surface area contributed by atoms with Gasteiger partial charge in [-0.2, -0.15) is 0 Å². The molecule has 120 valence electrons. The quantitative estimate of drug-likeness (QED) is 0.532. The number of ether oxygens (including phenoxy) is 1. The summed E-state index contributed by atoms with van der Waals surface area (Å²) in [6.45, 7) is 11.8. The Bertz CT molecular complexity index is 272. The molecule has 0 aromatic heterocycles. The molecule has 1 unspecified atom stereocenters. The van der Waals surface area contributed by atoms with Gasteiger partial charge in [-0.25, -0.2) is 0 Å². The summed E-state index contributed by atoms with van der Waals surface area (Å²) in [4.78, 5) is 13.9. The van der Waals surface area contributed by atoms with Gasteiger partial charge in [-0.3, -0.25) is 9.69 Å². The molecule has 0 radical (unpaired) electrons. The molecule has 0 saturated heterocycles. The van der Waals surface area contributed by atoms with Crippen molar-refractivity contribution in [3.8, 4) is 0 Å². The Hall–Kier alpha value is -0.650. The van der Waals surface area contributed by atoms with Crippen LogP contribution in [0.1, 0.15) is 47.0 Å². The maximum Gasteiger partial charge on any atom is 0.237 e. The number of methoxy groups -OCH3 is 1. The maximum absolute atomic E-state index is 11.5. The molecule has 0 aliphatic rings. The van der Waals surface area contributed by atoms with Crippen molar-refractivity contribution in [2.75, 3.05) is 33.4 Å². The van der Waals surface area contributed by atoms with Crippen molar-refractivity contribution in [1.29, 1.82) is 0 Å². The lowest BCUT2D eigenvalue weighted by molar-refractivity contribution is -0.124. The minimum absolute atomic E-state index is 0.264. The second-order valence-corrected chi connectivity index (χ2v) is 5.81. The van der Waals surface area contributed by atoms with Gasteiger partial charge in [-0.05, 0) is 53.1 Å². The summed E-state index contributed by atoms with van der Waals surface area (Å²) in [5.74, 6) is -0.264. The van der Waals surface area contributed by atoms with Crippen LogP contribution in [0.2, 0.25) is 0 Å². The average Bonchev–Trinajstić information content (AvgIpc) is 2.37. The normalized spacial score (nSPS) is 14.8. The molecule has 0 aromatic carbocycles. The second-order valence-electron chi connectivity index (χ2n) is 5.81. The largest absolute Gasteiger partial charge is 0.383 e. The van der Waals surface area contributed by atoms with Crippen LogP contribution < -0.4 is 11.1 Å². The molecule has 0 aliphatic heterocycles. The van der Waals surface area contributed by atoms with Crippen molar-refractivity contribution in [1.82, 2.24) is 10.2 Å². The van der Waals surface area contributed by atoms with Crippen LogP contribution in [-0.4, -0.2) is 55.7 Å². The van der Waals surface area contributed by atoms with E-state index in [-0.39, 0.29) is 5.91 Å². The average molecular weight is 287 g/mol. The topological polar surface area (TPSA) is 67.6 Å². The number of carbonyl (C=O) groups is 1. The van der Waals surface area contributed by atoms with Crippen LogP contribution in [0.25, 0.3) is 0 Å². The molecule has 0 spiro atoms. The van der Waals surface area contributed by atoms with E-state index in [4.69, 9.17) is 10.5 Å². The highest BCUT2D eigenvalue weighted by molar-refractivity contribution is 5.84. The summed E-state index contributed by atoms with van der Waals surface area (Å²) >= 11 is 0. The van der Waals surface area contributed by atoms with E-state index in [9.17, 15) is 4.79 Å². The van der Waals surface area contributed by atoms with Crippen LogP contribution >= 0.6 is 0 Å². The molecule has 0 aliphatic carbocycles. The molecule has 0 heterocycles. The van der Waals surface area contributed by atoms with Gasteiger partial charge < -0.3 is 15.8 Å². The number of nitrogens with one attached hydrogen (secondary N) is 1. The SMILES string of the molecule is CCNC(C)(CCCCN(CCOC)C(C)C)C(N)=O. The Kier molecular flexibility index (Phi) is 9.80. The number of rotatable bonds is 12. The van der Waals surface area contributed by atoms with Crippen LogP contribution in [0.3, 0.4) is 0 Å². The number of unbranched alkanes of at least 4 members (excludes halogenated alkanes) is 1. The third kappa shape index (κ3) is 7.22. The molecule has 0 fully saturated rings. The smallest absolute Gasteiger partial charge is 0.237 e. The van der Waals surface area contributed by atoms with E-state index in [1.54, 1.807) is 7.11 Å². The number of hydrogen-bond donors (Lipinski definition) is 2. The van der Waals surface area contributed by atoms with E-state index in [2.05, 4.69) is 24.1 Å². The van der Waals surface area contributed by atoms with Crippen LogP contribution in [-0.2, 0) is 9.53 Å². The van der Waals surface area contributed by atoms with Crippen molar-refractivity contribution in [2.24, 2.45) is 5.73 Å². The van der Waals surface area contributed by atoms with Gasteiger partial charge >= 0.3 is 0 Å². The molecule has 3 N–H and O–H groups in total. The fraction of sp³-hybridized carbons (Fsp3) is 0.933. The molecule has 5 nitrogen and oxygen atoms in total. The molecule has 20 heavy (non-hydrogen) atoms. The summed E-state index contributed by atoms with van der Waals surface area (Å²) in [5.41, 5.74) is 4.91. The predicted molar refractivity (Wildman–Crippen MR) is 83.7 cm³/mol. The number of nitrogens with zero attached hydrogens (tertiary/aromatic N) is 1. The fourth-order valence-electron chi connectivity index (χ4n) is 2.32. The molecular weight excluding hydrogens is 254 g/mol. The van der Waals surface area contributed by atoms with E-state index in [0.29, 0.717) is 6.04 Å². The first-order valence-electron chi connectivity index (χ1n) is 7.65. The zero-order valence-electron chi connectivity index (χ0n) is 13.9. The Balaban J connectivity index is 4.11. The van der Waals surface area contributed by atoms with Gasteiger partial charge in [0.05, 0.1) is 12.1 Å². The Labute approximate surface area is 124 Å². The molecule has 1 amide bonds. The maximum atomic E-state index is 11.5. The van der Waals surface area contributed by atoms with Crippen molar-refractivity contribution in [2.45, 2.75) is 58.5 Å². The van der Waals surface area contributed by atoms with Crippen LogP contribution in [0.4, 0.5) is 0 Å². The minimum Gasteiger partial charge on any atom is -0.383 e. The summed E-state index contributed by atoms with van der Waals surface area (Å²) < 4.78 is 5.13. The van der Waals surface area contributed by atoms with Gasteiger partial charge in [0.25, 0.3) is 0 Å². The molecule has 5 heteroatoms. The van der Waals surface area contributed by atoms with E-state index >= 15 is 0 Å². The Morgan fingerprint density at radius 3 is 2.45 bits per heavy atom. The van der Waals surface area contributed by atoms with Gasteiger partial charge in [0.2, 0.25) is 5.91 Å². The fourth-order valence-corrected chi connectivity index (χ4v) is 2.32. The van der Waals surface area contributed by atoms with Crippen LogP contribution in [0.5, 0.6) is 0 Å². The number of hydrogen-bond acceptors (Lipinski definition) is 4. The summed E-state index contributed by atoms with van der Waals surface area (Å²) in [6, 6.07) is 0.515. The number of primary amides is 1. The highest BCUT2D eigenvalue weighted by atomic mass is 16.5. The van der Waals surface area contributed by atoms with E-state index < -0.39 is 5.54 Å². The molecule has 0 saturated carbocycles. The lowest BCUT2D eigenvalue weighted by atomic mass is 9.94. The van der Waals surface area contributed by atoms with Gasteiger partial charge in [-0.15, -0.1) is 0 Å². The first-order chi connectivity index (χ1) is 9.37. The van der Waals surface area contributed by atoms with Gasteiger partial charge in [0.1, 0.15) is 0 Å². The zero-order valence-corrected chi connectivity index (χ0v) is 13.9. The van der Waals surface area contributed by atoms with Crippen molar-refractivity contribution < 1.29 is 9.53 Å². The third-order valence-electron chi connectivity index (χ3n) is 3.80. The summed E-state index contributed by atoms with van der Waals surface area (Å²) in [5, 5.41) is 3.20. The standard InChI is InChI=1S/C15H33N3O2/c1-6-17-15(4,14(16)19)9-7-8-10-18(13(2)3)11-12-20-5/h13,17H,6-12H2,1-5H3,(H2,16,19). The highest BCUT2D eigenvalue weighted by Gasteiger charge is 2.28. The van der Waals surface area contributed by atoms with E-state index in [1.165, 1.54) is 0 Å². The number of carbonyl (C=O) groups excluding carboxylic acids is 1. The van der Waals surface area contributed by atoms with Crippen molar-refractivity contribution in [3.05, 3.63) is 0 Å². The number of likely N-dealkylation sites (N-methyl/N-ethyl adjacent to an activating group) is 1. The first kappa shape index (κ1) is 19.4. The first-order valence-corrected chi connectivity index (χ1v) is 7.65. The molecule has 0 bridgehead atoms. The number of amides is 1. The van der Waals surface area contributed by atoms with Crippen molar-refractivity contribution in [3.63, 3.8) is 0 Å². The molecular formula is C15H33N3O2. The van der Waals surface area contributed by atoms with Crippen LogP contribution in [0.15, 0.2) is 0 Å². The molecule has 0 rings (SSSR count). The lowest BCUT2D eigenvalue weighted by Crippen LogP contribution is -2.53. The molecule has 0 aromatic rings. The van der Waals surface area contributed by atoms with E-state index in [1.807, 2.05) is 13.8 Å². The number of nitrogens with two attached hydrogens (primary N) is 1. The van der Waals surface area contributed by atoms with Crippen molar-refractivity contribution >= 4 is 5.91 Å². The summed E-state index contributed by atoms with van der Waals surface area (Å²) in [6.07, 6.45) is 2.84. The highest BCUT2D eigenvalue weighted by Crippen LogP contribution is 2.14. The lowest BCUT2D eigenvalue weighted by Gasteiger charge is -2.29. The monoisotopic (exact) mass is 287 g/mol. The third-order valence-corrected chi connectivity index (χ3v) is 3.80. The van der Waals surface area contributed by atoms with Gasteiger partial charge in [0.15, 0.2) is 0 Å². The van der Waals surface area contributed by atoms with Gasteiger partial charge in [0, 0.05) is 19.7 Å². The minimum atomic E-state index is -0.579. The Morgan fingerprint density at radius 2 is 2.00 bits per heavy atom. The van der Waals surface area contributed by atoms with Gasteiger partial charge in [-0.1, -0.05) is 6.92 Å². The Morgan fingerprint density at radius 1 is 1.35 bits per heavy atom. The van der Waals surface area contributed by atoms with E-state index in [0.717, 1.165) is 45.5 Å².